The summed E-state index contributed by atoms with van der Waals surface area (Å²) in [6.45, 7) is 0.934. The summed E-state index contributed by atoms with van der Waals surface area (Å²) in [7, 11) is 0. The minimum absolute atomic E-state index is 0.934. The molecule has 0 saturated carbocycles. The van der Waals surface area contributed by atoms with Crippen LogP contribution >= 0.6 is 11.3 Å². The van der Waals surface area contributed by atoms with Crippen LogP contribution in [0, 0.1) is 0 Å². The van der Waals surface area contributed by atoms with E-state index in [4.69, 9.17) is 0 Å². The summed E-state index contributed by atoms with van der Waals surface area (Å²) < 4.78 is 1.37. The predicted molar refractivity (Wildman–Crippen MR) is 52.3 cm³/mol. The fraction of sp³-hybridized carbons (Fsp3) is 0.111. The zero-order valence-corrected chi connectivity index (χ0v) is 7.24. The summed E-state index contributed by atoms with van der Waals surface area (Å²) in [6, 6.07) is 6.49. The molecule has 1 aliphatic rings. The summed E-state index contributed by atoms with van der Waals surface area (Å²) >= 11 is 1.80. The number of anilines is 1. The van der Waals surface area contributed by atoms with Gasteiger partial charge in [0.25, 0.3) is 0 Å². The second-order valence-corrected chi connectivity index (χ2v) is 3.85. The molecule has 0 saturated heterocycles. The number of fused-ring (bicyclic) bond motifs is 3. The molecule has 2 N–H and O–H groups in total. The number of hydrazine groups is 1. The first-order chi connectivity index (χ1) is 5.95. The van der Waals surface area contributed by atoms with Gasteiger partial charge < -0.3 is 5.43 Å². The highest BCUT2D eigenvalue weighted by molar-refractivity contribution is 7.17. The zero-order valence-electron chi connectivity index (χ0n) is 6.42. The predicted octanol–water partition coefficient (Wildman–Crippen LogP) is 2.33. The lowest BCUT2D eigenvalue weighted by molar-refractivity contribution is 0.864. The Morgan fingerprint density at radius 1 is 1.25 bits per heavy atom. The highest BCUT2D eigenvalue weighted by atomic mass is 32.1. The van der Waals surface area contributed by atoms with Crippen LogP contribution in [0.15, 0.2) is 23.6 Å². The van der Waals surface area contributed by atoms with Gasteiger partial charge in [0.2, 0.25) is 0 Å². The van der Waals surface area contributed by atoms with Crippen molar-refractivity contribution in [2.45, 2.75) is 6.54 Å². The van der Waals surface area contributed by atoms with Crippen molar-refractivity contribution in [3.8, 4) is 0 Å². The lowest BCUT2D eigenvalue weighted by atomic mass is 10.1. The van der Waals surface area contributed by atoms with Gasteiger partial charge in [-0.25, -0.2) is 5.43 Å². The van der Waals surface area contributed by atoms with Crippen molar-refractivity contribution in [1.29, 1.82) is 0 Å². The van der Waals surface area contributed by atoms with E-state index < -0.39 is 0 Å². The number of nitrogens with one attached hydrogen (secondary N) is 2. The number of thiophene rings is 1. The van der Waals surface area contributed by atoms with E-state index >= 15 is 0 Å². The summed E-state index contributed by atoms with van der Waals surface area (Å²) in [5.41, 5.74) is 8.88. The Morgan fingerprint density at radius 2 is 2.25 bits per heavy atom. The molecule has 12 heavy (non-hydrogen) atoms. The molecule has 0 amide bonds. The van der Waals surface area contributed by atoms with Crippen LogP contribution in [0.25, 0.3) is 10.1 Å². The lowest BCUT2D eigenvalue weighted by Gasteiger charge is -1.97. The Morgan fingerprint density at radius 3 is 3.25 bits per heavy atom. The molecular weight excluding hydrogens is 168 g/mol. The minimum Gasteiger partial charge on any atom is -0.321 e. The van der Waals surface area contributed by atoms with Crippen LogP contribution < -0.4 is 10.9 Å². The maximum absolute atomic E-state index is 3.14. The minimum atomic E-state index is 0.934. The molecule has 2 nitrogen and oxygen atoms in total. The molecule has 1 aliphatic heterocycles. The smallest absolute Gasteiger partial charge is 0.0540 e. The molecule has 0 aliphatic carbocycles. The number of hydrogen-bond donors (Lipinski definition) is 2. The van der Waals surface area contributed by atoms with E-state index in [0.29, 0.717) is 0 Å². The lowest BCUT2D eigenvalue weighted by Crippen LogP contribution is -2.10. The summed E-state index contributed by atoms with van der Waals surface area (Å²) in [5, 5.41) is 3.53. The summed E-state index contributed by atoms with van der Waals surface area (Å²) in [6.07, 6.45) is 0. The van der Waals surface area contributed by atoms with Gasteiger partial charge in [-0.1, -0.05) is 0 Å². The van der Waals surface area contributed by atoms with Gasteiger partial charge in [-0.15, -0.1) is 11.3 Å². The zero-order chi connectivity index (χ0) is 7.97. The van der Waals surface area contributed by atoms with Crippen LogP contribution in [0.4, 0.5) is 5.69 Å². The molecule has 1 aromatic heterocycles. The van der Waals surface area contributed by atoms with Gasteiger partial charge in [0.1, 0.15) is 0 Å². The van der Waals surface area contributed by atoms with Crippen LogP contribution in [0.1, 0.15) is 5.56 Å². The van der Waals surface area contributed by atoms with Gasteiger partial charge in [0.05, 0.1) is 5.69 Å². The Balaban J connectivity index is 2.46. The van der Waals surface area contributed by atoms with Gasteiger partial charge in [-0.05, 0) is 29.0 Å². The maximum atomic E-state index is 3.14. The Bertz CT molecular complexity index is 433. The molecule has 3 rings (SSSR count). The highest BCUT2D eigenvalue weighted by Crippen LogP contribution is 2.31. The monoisotopic (exact) mass is 176 g/mol. The first-order valence-electron chi connectivity index (χ1n) is 3.93. The number of benzene rings is 1. The van der Waals surface area contributed by atoms with Gasteiger partial charge in [-0.2, -0.15) is 0 Å². The average molecular weight is 176 g/mol. The third kappa shape index (κ3) is 0.722. The average Bonchev–Trinajstić information content (AvgIpc) is 2.71. The van der Waals surface area contributed by atoms with Gasteiger partial charge in [0.15, 0.2) is 0 Å². The molecule has 0 atom stereocenters. The van der Waals surface area contributed by atoms with Crippen molar-refractivity contribution in [3.05, 3.63) is 29.1 Å². The Kier molecular flexibility index (Phi) is 1.19. The normalized spacial score (nSPS) is 14.7. The molecule has 0 radical (unpaired) electrons. The molecule has 1 aromatic carbocycles. The van der Waals surface area contributed by atoms with E-state index in [-0.39, 0.29) is 0 Å². The van der Waals surface area contributed by atoms with E-state index in [1.54, 1.807) is 11.3 Å². The van der Waals surface area contributed by atoms with Crippen molar-refractivity contribution >= 4 is 27.1 Å². The van der Waals surface area contributed by atoms with Crippen LogP contribution in [0.2, 0.25) is 0 Å². The van der Waals surface area contributed by atoms with Crippen molar-refractivity contribution in [2.75, 3.05) is 5.43 Å². The molecule has 2 heterocycles. The molecule has 0 unspecified atom stereocenters. The van der Waals surface area contributed by atoms with Crippen LogP contribution in [-0.4, -0.2) is 0 Å². The standard InChI is InChI=1S/C9H8N2S/c1-2-9-6(3-4-12-9)7-5-10-11-8(1)7/h1-4,10-11H,5H2. The van der Waals surface area contributed by atoms with Gasteiger partial charge in [0, 0.05) is 16.8 Å². The van der Waals surface area contributed by atoms with Crippen molar-refractivity contribution < 1.29 is 0 Å². The third-order valence-electron chi connectivity index (χ3n) is 2.24. The number of rotatable bonds is 0. The third-order valence-corrected chi connectivity index (χ3v) is 3.12. The summed E-state index contributed by atoms with van der Waals surface area (Å²) in [4.78, 5) is 0. The van der Waals surface area contributed by atoms with Crippen molar-refractivity contribution in [2.24, 2.45) is 0 Å². The van der Waals surface area contributed by atoms with Gasteiger partial charge in [-0.3, -0.25) is 0 Å². The fourth-order valence-corrected chi connectivity index (χ4v) is 2.45. The molecule has 3 heteroatoms. The van der Waals surface area contributed by atoms with Crippen LogP contribution in [0.3, 0.4) is 0 Å². The van der Waals surface area contributed by atoms with E-state index in [0.717, 1.165) is 6.54 Å². The van der Waals surface area contributed by atoms with E-state index in [1.807, 2.05) is 0 Å². The van der Waals surface area contributed by atoms with Gasteiger partial charge >= 0.3 is 0 Å². The fourth-order valence-electron chi connectivity index (χ4n) is 1.64. The van der Waals surface area contributed by atoms with E-state index in [2.05, 4.69) is 34.4 Å². The SMILES string of the molecule is c1cc2c3c(ccc2s1)NNC3. The van der Waals surface area contributed by atoms with E-state index in [9.17, 15) is 0 Å². The second-order valence-electron chi connectivity index (χ2n) is 2.90. The molecule has 0 fully saturated rings. The van der Waals surface area contributed by atoms with E-state index in [1.165, 1.54) is 21.3 Å². The maximum Gasteiger partial charge on any atom is 0.0540 e. The highest BCUT2D eigenvalue weighted by Gasteiger charge is 2.12. The Labute approximate surface area is 74.2 Å². The molecule has 60 valence electrons. The first kappa shape index (κ1) is 6.46. The van der Waals surface area contributed by atoms with Crippen molar-refractivity contribution in [1.82, 2.24) is 5.43 Å². The second kappa shape index (κ2) is 2.21. The molecule has 2 aromatic rings. The molecule has 0 spiro atoms. The quantitative estimate of drug-likeness (QED) is 0.643. The van der Waals surface area contributed by atoms with Crippen molar-refractivity contribution in [3.63, 3.8) is 0 Å². The molecular formula is C9H8N2S. The Hall–Kier alpha value is -1.06. The summed E-state index contributed by atoms with van der Waals surface area (Å²) in [5.74, 6) is 0. The largest absolute Gasteiger partial charge is 0.321 e. The topological polar surface area (TPSA) is 24.1 Å². The first-order valence-corrected chi connectivity index (χ1v) is 4.81. The number of hydrogen-bond acceptors (Lipinski definition) is 3. The van der Waals surface area contributed by atoms with Crippen LogP contribution in [0.5, 0.6) is 0 Å². The van der Waals surface area contributed by atoms with Crippen LogP contribution in [-0.2, 0) is 6.54 Å². The molecule has 0 bridgehead atoms.